The number of halogens is 1. The van der Waals surface area contributed by atoms with E-state index in [2.05, 4.69) is 0 Å². The summed E-state index contributed by atoms with van der Waals surface area (Å²) in [4.78, 5) is 0. The lowest BCUT2D eigenvalue weighted by molar-refractivity contribution is 0.450. The Kier molecular flexibility index (Phi) is 3.36. The molecule has 1 aromatic rings. The van der Waals surface area contributed by atoms with Crippen LogP contribution in [-0.2, 0) is 15.5 Å². The van der Waals surface area contributed by atoms with Crippen LogP contribution >= 0.6 is 11.6 Å². The summed E-state index contributed by atoms with van der Waals surface area (Å²) in [6.07, 6.45) is 4.57. The molecule has 18 heavy (non-hydrogen) atoms. The quantitative estimate of drug-likeness (QED) is 0.850. The van der Waals surface area contributed by atoms with E-state index in [0.717, 1.165) is 5.56 Å². The number of rotatable bonds is 2. The van der Waals surface area contributed by atoms with Crippen molar-refractivity contribution in [2.75, 3.05) is 0 Å². The van der Waals surface area contributed by atoms with Gasteiger partial charge in [0, 0.05) is 10.4 Å². The molecule has 0 saturated heterocycles. The van der Waals surface area contributed by atoms with Crippen molar-refractivity contribution in [2.45, 2.75) is 17.6 Å². The van der Waals surface area contributed by atoms with Crippen molar-refractivity contribution in [1.82, 2.24) is 0 Å². The van der Waals surface area contributed by atoms with Gasteiger partial charge < -0.3 is 0 Å². The SMILES string of the molecule is CC1(c2ccccc2)C=C(Cl)C=CC1S(=O)(=O)O. The van der Waals surface area contributed by atoms with E-state index < -0.39 is 20.8 Å². The molecule has 3 nitrogen and oxygen atoms in total. The van der Waals surface area contributed by atoms with Gasteiger partial charge in [0.25, 0.3) is 10.1 Å². The molecule has 1 aliphatic carbocycles. The highest BCUT2D eigenvalue weighted by Crippen LogP contribution is 2.38. The summed E-state index contributed by atoms with van der Waals surface area (Å²) in [5.41, 5.74) is -0.0872. The predicted octanol–water partition coefficient (Wildman–Crippen LogP) is 2.89. The van der Waals surface area contributed by atoms with Gasteiger partial charge in [-0.05, 0) is 11.6 Å². The molecule has 0 spiro atoms. The maximum atomic E-state index is 11.5. The highest BCUT2D eigenvalue weighted by molar-refractivity contribution is 7.86. The minimum absolute atomic E-state index is 0.459. The van der Waals surface area contributed by atoms with Crippen molar-refractivity contribution in [1.29, 1.82) is 0 Å². The summed E-state index contributed by atoms with van der Waals surface area (Å²) in [6, 6.07) is 9.12. The molecule has 0 aromatic heterocycles. The van der Waals surface area contributed by atoms with Crippen LogP contribution in [0.3, 0.4) is 0 Å². The number of benzene rings is 1. The fraction of sp³-hybridized carbons (Fsp3) is 0.231. The minimum Gasteiger partial charge on any atom is -0.285 e. The summed E-state index contributed by atoms with van der Waals surface area (Å²) in [5, 5.41) is -0.573. The van der Waals surface area contributed by atoms with E-state index in [1.807, 2.05) is 30.3 Å². The van der Waals surface area contributed by atoms with Gasteiger partial charge in [-0.1, -0.05) is 61.0 Å². The molecule has 0 saturated carbocycles. The lowest BCUT2D eigenvalue weighted by Gasteiger charge is -2.34. The van der Waals surface area contributed by atoms with Crippen molar-refractivity contribution in [3.8, 4) is 0 Å². The highest BCUT2D eigenvalue weighted by atomic mass is 35.5. The Balaban J connectivity index is 2.61. The molecule has 0 radical (unpaired) electrons. The highest BCUT2D eigenvalue weighted by Gasteiger charge is 2.42. The van der Waals surface area contributed by atoms with E-state index in [1.165, 1.54) is 12.2 Å². The largest absolute Gasteiger partial charge is 0.285 e. The monoisotopic (exact) mass is 284 g/mol. The molecule has 2 unspecified atom stereocenters. The molecule has 1 N–H and O–H groups in total. The Morgan fingerprint density at radius 2 is 1.89 bits per heavy atom. The Morgan fingerprint density at radius 3 is 2.44 bits per heavy atom. The summed E-state index contributed by atoms with van der Waals surface area (Å²) in [5.74, 6) is 0. The van der Waals surface area contributed by atoms with Crippen molar-refractivity contribution in [2.24, 2.45) is 0 Å². The average molecular weight is 285 g/mol. The minimum atomic E-state index is -4.20. The molecule has 2 atom stereocenters. The van der Waals surface area contributed by atoms with Gasteiger partial charge in [-0.3, -0.25) is 4.55 Å². The first-order chi connectivity index (χ1) is 8.34. The van der Waals surface area contributed by atoms with E-state index in [4.69, 9.17) is 11.6 Å². The molecule has 0 bridgehead atoms. The standard InChI is InChI=1S/C13H13ClO3S/c1-13(10-5-3-2-4-6-10)9-11(14)7-8-12(13)18(15,16)17/h2-9,12H,1H3,(H,15,16,17). The van der Waals surface area contributed by atoms with Crippen LogP contribution in [0, 0.1) is 0 Å². The summed E-state index contributed by atoms with van der Waals surface area (Å²) in [6.45, 7) is 1.74. The van der Waals surface area contributed by atoms with Gasteiger partial charge in [-0.2, -0.15) is 8.42 Å². The summed E-state index contributed by atoms with van der Waals surface area (Å²) < 4.78 is 32.4. The molecule has 2 rings (SSSR count). The Hall–Kier alpha value is -1.10. The van der Waals surface area contributed by atoms with E-state index in [-0.39, 0.29) is 0 Å². The van der Waals surface area contributed by atoms with Crippen LogP contribution in [-0.4, -0.2) is 18.2 Å². The van der Waals surface area contributed by atoms with Crippen LogP contribution in [0.1, 0.15) is 12.5 Å². The second-order valence-corrected chi connectivity index (χ2v) is 6.45. The third kappa shape index (κ3) is 2.36. The van der Waals surface area contributed by atoms with Crippen LogP contribution in [0.2, 0.25) is 0 Å². The molecule has 1 aliphatic rings. The van der Waals surface area contributed by atoms with E-state index in [1.54, 1.807) is 13.0 Å². The zero-order valence-corrected chi connectivity index (χ0v) is 11.3. The third-order valence-electron chi connectivity index (χ3n) is 3.18. The number of allylic oxidation sites excluding steroid dienone is 3. The lowest BCUT2D eigenvalue weighted by atomic mass is 9.77. The van der Waals surface area contributed by atoms with Crippen LogP contribution < -0.4 is 0 Å². The van der Waals surface area contributed by atoms with E-state index >= 15 is 0 Å². The van der Waals surface area contributed by atoms with Gasteiger partial charge >= 0.3 is 0 Å². The molecular formula is C13H13ClO3S. The Bertz CT molecular complexity index is 604. The van der Waals surface area contributed by atoms with Crippen molar-refractivity contribution in [3.63, 3.8) is 0 Å². The second kappa shape index (κ2) is 4.53. The molecule has 96 valence electrons. The average Bonchev–Trinajstić information content (AvgIpc) is 2.28. The van der Waals surface area contributed by atoms with Crippen molar-refractivity contribution < 1.29 is 13.0 Å². The Morgan fingerprint density at radius 1 is 1.28 bits per heavy atom. The number of hydrogen-bond acceptors (Lipinski definition) is 2. The summed E-state index contributed by atoms with van der Waals surface area (Å²) in [7, 11) is -4.20. The van der Waals surface area contributed by atoms with Gasteiger partial charge in [-0.15, -0.1) is 0 Å². The first kappa shape index (κ1) is 13.3. The molecule has 0 aliphatic heterocycles. The van der Waals surface area contributed by atoms with Crippen molar-refractivity contribution in [3.05, 3.63) is 59.2 Å². The Labute approximate surface area is 112 Å². The van der Waals surface area contributed by atoms with Gasteiger partial charge in [-0.25, -0.2) is 0 Å². The fourth-order valence-corrected chi connectivity index (χ4v) is 3.65. The second-order valence-electron chi connectivity index (χ2n) is 4.47. The van der Waals surface area contributed by atoms with Crippen LogP contribution in [0.5, 0.6) is 0 Å². The van der Waals surface area contributed by atoms with Crippen LogP contribution in [0.4, 0.5) is 0 Å². The molecule has 0 fully saturated rings. The maximum Gasteiger partial charge on any atom is 0.272 e. The maximum absolute atomic E-state index is 11.5. The zero-order chi connectivity index (χ0) is 13.4. The molecule has 0 heterocycles. The first-order valence-corrected chi connectivity index (χ1v) is 7.30. The lowest BCUT2D eigenvalue weighted by Crippen LogP contribution is -2.40. The molecular weight excluding hydrogens is 272 g/mol. The van der Waals surface area contributed by atoms with Gasteiger partial charge in [0.1, 0.15) is 5.25 Å². The van der Waals surface area contributed by atoms with Crippen molar-refractivity contribution >= 4 is 21.7 Å². The third-order valence-corrected chi connectivity index (χ3v) is 4.70. The molecule has 0 amide bonds. The van der Waals surface area contributed by atoms with Gasteiger partial charge in [0.2, 0.25) is 0 Å². The van der Waals surface area contributed by atoms with E-state index in [9.17, 15) is 13.0 Å². The van der Waals surface area contributed by atoms with E-state index in [0.29, 0.717) is 5.03 Å². The zero-order valence-electron chi connectivity index (χ0n) is 9.75. The summed E-state index contributed by atoms with van der Waals surface area (Å²) >= 11 is 5.96. The smallest absolute Gasteiger partial charge is 0.272 e. The fourth-order valence-electron chi connectivity index (χ4n) is 2.25. The van der Waals surface area contributed by atoms with Gasteiger partial charge in [0.05, 0.1) is 0 Å². The predicted molar refractivity (Wildman–Crippen MR) is 72.2 cm³/mol. The van der Waals surface area contributed by atoms with Crippen LogP contribution in [0.15, 0.2) is 53.6 Å². The topological polar surface area (TPSA) is 54.4 Å². The number of hydrogen-bond donors (Lipinski definition) is 1. The molecule has 5 heteroatoms. The van der Waals surface area contributed by atoms with Crippen LogP contribution in [0.25, 0.3) is 0 Å². The molecule has 1 aromatic carbocycles. The first-order valence-electron chi connectivity index (χ1n) is 5.42. The van der Waals surface area contributed by atoms with Gasteiger partial charge in [0.15, 0.2) is 0 Å². The normalized spacial score (nSPS) is 27.9.